The number of halogens is 3. The molecule has 1 atom stereocenters. The molecule has 0 fully saturated rings. The Bertz CT molecular complexity index is 438. The molecule has 94 valence electrons. The molecule has 0 aliphatic rings. The lowest BCUT2D eigenvalue weighted by atomic mass is 10.2. The summed E-state index contributed by atoms with van der Waals surface area (Å²) in [7, 11) is 3.19. The molecule has 6 heteroatoms. The Hall–Kier alpha value is -1.17. The van der Waals surface area contributed by atoms with E-state index in [9.17, 15) is 13.6 Å². The number of amides is 1. The van der Waals surface area contributed by atoms with Crippen molar-refractivity contribution in [3.05, 3.63) is 28.2 Å². The van der Waals surface area contributed by atoms with Crippen molar-refractivity contribution in [1.29, 1.82) is 0 Å². The van der Waals surface area contributed by atoms with E-state index in [0.717, 1.165) is 12.1 Å². The van der Waals surface area contributed by atoms with Gasteiger partial charge in [-0.3, -0.25) is 4.79 Å². The van der Waals surface area contributed by atoms with Crippen LogP contribution in [-0.4, -0.2) is 30.9 Å². The van der Waals surface area contributed by atoms with Crippen LogP contribution < -0.4 is 5.32 Å². The minimum absolute atomic E-state index is 0.0339. The molecular weight excluding hydrogens is 294 g/mol. The number of anilines is 1. The number of hydrogen-bond acceptors (Lipinski definition) is 2. The van der Waals surface area contributed by atoms with E-state index in [-0.39, 0.29) is 16.1 Å². The summed E-state index contributed by atoms with van der Waals surface area (Å²) in [6.45, 7) is 1.59. The first kappa shape index (κ1) is 13.9. The smallest absolute Gasteiger partial charge is 0.244 e. The lowest BCUT2D eigenvalue weighted by molar-refractivity contribution is -0.129. The predicted molar refractivity (Wildman–Crippen MR) is 65.8 cm³/mol. The topological polar surface area (TPSA) is 32.3 Å². The fourth-order valence-corrected chi connectivity index (χ4v) is 1.63. The van der Waals surface area contributed by atoms with E-state index < -0.39 is 17.7 Å². The third-order valence-corrected chi connectivity index (χ3v) is 2.80. The third kappa shape index (κ3) is 3.39. The van der Waals surface area contributed by atoms with Crippen molar-refractivity contribution in [2.24, 2.45) is 0 Å². The van der Waals surface area contributed by atoms with Crippen LogP contribution in [-0.2, 0) is 4.79 Å². The number of carbonyl (C=O) groups is 1. The zero-order valence-electron chi connectivity index (χ0n) is 9.72. The van der Waals surface area contributed by atoms with Gasteiger partial charge in [0.2, 0.25) is 5.91 Å². The summed E-state index contributed by atoms with van der Waals surface area (Å²) in [5.74, 6) is -1.41. The summed E-state index contributed by atoms with van der Waals surface area (Å²) in [6, 6.07) is 1.41. The molecule has 1 N–H and O–H groups in total. The van der Waals surface area contributed by atoms with Crippen LogP contribution in [0.2, 0.25) is 0 Å². The first-order valence-electron chi connectivity index (χ1n) is 4.95. The molecule has 1 aromatic carbocycles. The average molecular weight is 307 g/mol. The Morgan fingerprint density at radius 2 is 1.94 bits per heavy atom. The maximum atomic E-state index is 13.5. The van der Waals surface area contributed by atoms with Gasteiger partial charge < -0.3 is 10.2 Å². The van der Waals surface area contributed by atoms with Gasteiger partial charge >= 0.3 is 0 Å². The molecule has 1 rings (SSSR count). The molecule has 0 saturated carbocycles. The summed E-state index contributed by atoms with van der Waals surface area (Å²) in [5, 5.41) is 2.63. The lowest BCUT2D eigenvalue weighted by Crippen LogP contribution is -2.36. The standard InChI is InChI=1S/C11H13BrF2N2O/c1-6(11(17)16(2)3)15-10-5-8(13)7(12)4-9(10)14/h4-6,15H,1-3H3. The normalized spacial score (nSPS) is 12.1. The Balaban J connectivity index is 2.89. The number of hydrogen-bond donors (Lipinski definition) is 1. The Morgan fingerprint density at radius 3 is 2.47 bits per heavy atom. The molecule has 0 radical (unpaired) electrons. The molecule has 0 bridgehead atoms. The lowest BCUT2D eigenvalue weighted by Gasteiger charge is -2.19. The molecule has 1 amide bonds. The van der Waals surface area contributed by atoms with Gasteiger partial charge in [-0.05, 0) is 28.9 Å². The van der Waals surface area contributed by atoms with Crippen LogP contribution in [0.4, 0.5) is 14.5 Å². The van der Waals surface area contributed by atoms with Gasteiger partial charge in [-0.1, -0.05) is 0 Å². The van der Waals surface area contributed by atoms with Crippen LogP contribution in [0.15, 0.2) is 16.6 Å². The zero-order valence-corrected chi connectivity index (χ0v) is 11.3. The predicted octanol–water partition coefficient (Wildman–Crippen LogP) is 2.62. The number of rotatable bonds is 3. The minimum atomic E-state index is -0.625. The van der Waals surface area contributed by atoms with Gasteiger partial charge in [0, 0.05) is 20.2 Å². The quantitative estimate of drug-likeness (QED) is 0.871. The molecule has 0 saturated heterocycles. The van der Waals surface area contributed by atoms with E-state index >= 15 is 0 Å². The largest absolute Gasteiger partial charge is 0.371 e. The van der Waals surface area contributed by atoms with E-state index in [1.807, 2.05) is 0 Å². The van der Waals surface area contributed by atoms with Crippen LogP contribution in [0.3, 0.4) is 0 Å². The number of nitrogens with one attached hydrogen (secondary N) is 1. The van der Waals surface area contributed by atoms with Crippen molar-refractivity contribution >= 4 is 27.5 Å². The highest BCUT2D eigenvalue weighted by Crippen LogP contribution is 2.23. The minimum Gasteiger partial charge on any atom is -0.371 e. The summed E-state index contributed by atoms with van der Waals surface area (Å²) < 4.78 is 26.7. The molecule has 0 heterocycles. The van der Waals surface area contributed by atoms with Crippen molar-refractivity contribution in [2.75, 3.05) is 19.4 Å². The number of nitrogens with zero attached hydrogens (tertiary/aromatic N) is 1. The van der Waals surface area contributed by atoms with Gasteiger partial charge in [0.1, 0.15) is 17.7 Å². The van der Waals surface area contributed by atoms with Gasteiger partial charge in [-0.25, -0.2) is 8.78 Å². The summed E-state index contributed by atoms with van der Waals surface area (Å²) in [5.41, 5.74) is -0.0339. The van der Waals surface area contributed by atoms with Crippen molar-refractivity contribution in [3.8, 4) is 0 Å². The van der Waals surface area contributed by atoms with Crippen molar-refractivity contribution in [3.63, 3.8) is 0 Å². The molecule has 0 aliphatic carbocycles. The molecule has 1 aromatic rings. The Labute approximate surface area is 107 Å². The van der Waals surface area contributed by atoms with Crippen molar-refractivity contribution < 1.29 is 13.6 Å². The fraction of sp³-hybridized carbons (Fsp3) is 0.364. The van der Waals surface area contributed by atoms with Crippen LogP contribution in [0.1, 0.15) is 6.92 Å². The third-order valence-electron chi connectivity index (χ3n) is 2.19. The van der Waals surface area contributed by atoms with Crippen LogP contribution in [0.25, 0.3) is 0 Å². The SMILES string of the molecule is CC(Nc1cc(F)c(Br)cc1F)C(=O)N(C)C. The number of benzene rings is 1. The number of likely N-dealkylation sites (N-methyl/N-ethyl adjacent to an activating group) is 1. The highest BCUT2D eigenvalue weighted by molar-refractivity contribution is 9.10. The molecule has 0 aromatic heterocycles. The highest BCUT2D eigenvalue weighted by Gasteiger charge is 2.17. The first-order chi connectivity index (χ1) is 7.82. The van der Waals surface area contributed by atoms with Gasteiger partial charge in [-0.15, -0.1) is 0 Å². The van der Waals surface area contributed by atoms with E-state index in [4.69, 9.17) is 0 Å². The molecule has 17 heavy (non-hydrogen) atoms. The second kappa shape index (κ2) is 5.44. The maximum absolute atomic E-state index is 13.5. The molecule has 3 nitrogen and oxygen atoms in total. The Morgan fingerprint density at radius 1 is 1.35 bits per heavy atom. The molecule has 1 unspecified atom stereocenters. The summed E-state index contributed by atoms with van der Waals surface area (Å²) in [6.07, 6.45) is 0. The second-order valence-electron chi connectivity index (χ2n) is 3.84. The van der Waals surface area contributed by atoms with Crippen LogP contribution in [0, 0.1) is 11.6 Å². The maximum Gasteiger partial charge on any atom is 0.244 e. The van der Waals surface area contributed by atoms with Gasteiger partial charge in [0.05, 0.1) is 10.2 Å². The second-order valence-corrected chi connectivity index (χ2v) is 4.70. The van der Waals surface area contributed by atoms with E-state index in [1.165, 1.54) is 4.90 Å². The molecule has 0 aliphatic heterocycles. The van der Waals surface area contributed by atoms with Crippen molar-refractivity contribution in [2.45, 2.75) is 13.0 Å². The monoisotopic (exact) mass is 306 g/mol. The number of carbonyl (C=O) groups excluding carboxylic acids is 1. The van der Waals surface area contributed by atoms with Crippen LogP contribution >= 0.6 is 15.9 Å². The van der Waals surface area contributed by atoms with Crippen LogP contribution in [0.5, 0.6) is 0 Å². The fourth-order valence-electron chi connectivity index (χ4n) is 1.32. The molecule has 0 spiro atoms. The highest BCUT2D eigenvalue weighted by atomic mass is 79.9. The first-order valence-corrected chi connectivity index (χ1v) is 5.74. The van der Waals surface area contributed by atoms with Gasteiger partial charge in [0.15, 0.2) is 0 Å². The van der Waals surface area contributed by atoms with Gasteiger partial charge in [-0.2, -0.15) is 0 Å². The average Bonchev–Trinajstić information content (AvgIpc) is 2.24. The zero-order chi connectivity index (χ0) is 13.2. The van der Waals surface area contributed by atoms with Crippen molar-refractivity contribution in [1.82, 2.24) is 4.90 Å². The molecular formula is C11H13BrF2N2O. The Kier molecular flexibility index (Phi) is 4.45. The van der Waals surface area contributed by atoms with Gasteiger partial charge in [0.25, 0.3) is 0 Å². The van der Waals surface area contributed by atoms with E-state index in [2.05, 4.69) is 21.2 Å². The van der Waals surface area contributed by atoms with E-state index in [1.54, 1.807) is 21.0 Å². The summed E-state index contributed by atoms with van der Waals surface area (Å²) >= 11 is 2.88. The van der Waals surface area contributed by atoms with E-state index in [0.29, 0.717) is 0 Å². The summed E-state index contributed by atoms with van der Waals surface area (Å²) in [4.78, 5) is 12.9.